The Morgan fingerprint density at radius 2 is 1.52 bits per heavy atom. The largest absolute Gasteiger partial charge is 0.347 e. The molecular formula is C32H45N7O. The van der Waals surface area contributed by atoms with Crippen LogP contribution in [0.4, 0.5) is 0 Å². The quantitative estimate of drug-likeness (QED) is 0.407. The van der Waals surface area contributed by atoms with Gasteiger partial charge in [-0.3, -0.25) is 9.69 Å². The summed E-state index contributed by atoms with van der Waals surface area (Å²) in [7, 11) is 0. The van der Waals surface area contributed by atoms with Gasteiger partial charge in [0.25, 0.3) is 5.91 Å². The second kappa shape index (κ2) is 11.9. The van der Waals surface area contributed by atoms with Crippen LogP contribution in [0.25, 0.3) is 0 Å². The van der Waals surface area contributed by atoms with Crippen LogP contribution in [-0.2, 0) is 19.6 Å². The summed E-state index contributed by atoms with van der Waals surface area (Å²) >= 11 is 0. The Bertz CT molecular complexity index is 1200. The highest BCUT2D eigenvalue weighted by atomic mass is 16.2. The zero-order chi connectivity index (χ0) is 27.5. The average Bonchev–Trinajstić information content (AvgIpc) is 3.73. The van der Waals surface area contributed by atoms with E-state index in [2.05, 4.69) is 55.7 Å². The van der Waals surface area contributed by atoms with Crippen molar-refractivity contribution in [2.24, 2.45) is 5.41 Å². The maximum atomic E-state index is 13.9. The van der Waals surface area contributed by atoms with E-state index in [9.17, 15) is 4.79 Å². The van der Waals surface area contributed by atoms with Gasteiger partial charge in [-0.25, -0.2) is 9.97 Å². The SMILES string of the molecule is Cc1cc(CN2CCC3(CCN(C4CCCCC4)CC3)C2)cc(C)c1C(=O)N(Cc1ncc[nH]1)Cc1ncc[nH]1. The molecule has 1 aromatic carbocycles. The average molecular weight is 544 g/mol. The van der Waals surface area contributed by atoms with E-state index in [0.717, 1.165) is 40.9 Å². The highest BCUT2D eigenvalue weighted by molar-refractivity contribution is 5.97. The highest BCUT2D eigenvalue weighted by Gasteiger charge is 2.41. The second-order valence-electron chi connectivity index (χ2n) is 12.6. The van der Waals surface area contributed by atoms with Crippen LogP contribution in [0.2, 0.25) is 0 Å². The van der Waals surface area contributed by atoms with Gasteiger partial charge in [0.1, 0.15) is 11.6 Å². The van der Waals surface area contributed by atoms with E-state index in [-0.39, 0.29) is 5.91 Å². The molecule has 2 aliphatic heterocycles. The van der Waals surface area contributed by atoms with Gasteiger partial charge in [0, 0.05) is 49.5 Å². The Kier molecular flexibility index (Phi) is 8.08. The molecule has 0 radical (unpaired) electrons. The van der Waals surface area contributed by atoms with Crippen molar-refractivity contribution < 1.29 is 4.79 Å². The normalized spacial score (nSPS) is 20.4. The van der Waals surface area contributed by atoms with E-state index < -0.39 is 0 Å². The molecule has 214 valence electrons. The number of aromatic nitrogens is 4. The number of carbonyl (C=O) groups is 1. The van der Waals surface area contributed by atoms with Gasteiger partial charge in [0.2, 0.25) is 0 Å². The lowest BCUT2D eigenvalue weighted by molar-refractivity contribution is 0.0615. The zero-order valence-corrected chi connectivity index (χ0v) is 24.3. The third kappa shape index (κ3) is 6.03. The Hall–Kier alpha value is -2.97. The molecule has 40 heavy (non-hydrogen) atoms. The number of amides is 1. The maximum absolute atomic E-state index is 13.9. The van der Waals surface area contributed by atoms with Crippen molar-refractivity contribution in [3.63, 3.8) is 0 Å². The zero-order valence-electron chi connectivity index (χ0n) is 24.3. The van der Waals surface area contributed by atoms with Crippen molar-refractivity contribution in [2.45, 2.75) is 90.9 Å². The van der Waals surface area contributed by atoms with Gasteiger partial charge in [0.15, 0.2) is 0 Å². The van der Waals surface area contributed by atoms with Crippen molar-refractivity contribution >= 4 is 5.91 Å². The summed E-state index contributed by atoms with van der Waals surface area (Å²) in [5, 5.41) is 0. The van der Waals surface area contributed by atoms with Gasteiger partial charge in [-0.15, -0.1) is 0 Å². The van der Waals surface area contributed by atoms with Gasteiger partial charge in [-0.05, 0) is 87.7 Å². The first-order valence-electron chi connectivity index (χ1n) is 15.3. The molecule has 8 heteroatoms. The fourth-order valence-electron chi connectivity index (χ4n) is 7.61. The lowest BCUT2D eigenvalue weighted by atomic mass is 9.77. The number of carbonyl (C=O) groups excluding carboxylic acids is 1. The fraction of sp³-hybridized carbons (Fsp3) is 0.594. The molecule has 1 saturated carbocycles. The third-order valence-electron chi connectivity index (χ3n) is 9.76. The van der Waals surface area contributed by atoms with Gasteiger partial charge in [-0.2, -0.15) is 0 Å². The monoisotopic (exact) mass is 543 g/mol. The van der Waals surface area contributed by atoms with Crippen LogP contribution in [0, 0.1) is 19.3 Å². The van der Waals surface area contributed by atoms with Crippen molar-refractivity contribution in [1.82, 2.24) is 34.6 Å². The summed E-state index contributed by atoms with van der Waals surface area (Å²) in [6.45, 7) is 10.9. The first-order valence-corrected chi connectivity index (χ1v) is 15.3. The summed E-state index contributed by atoms with van der Waals surface area (Å²) in [5.41, 5.74) is 4.68. The molecule has 3 fully saturated rings. The number of aromatic amines is 2. The second-order valence-corrected chi connectivity index (χ2v) is 12.6. The molecule has 2 aromatic heterocycles. The molecule has 1 amide bonds. The van der Waals surface area contributed by atoms with E-state index in [1.165, 1.54) is 83.1 Å². The van der Waals surface area contributed by atoms with E-state index in [0.29, 0.717) is 18.5 Å². The lowest BCUT2D eigenvalue weighted by Crippen LogP contribution is -2.46. The van der Waals surface area contributed by atoms with Crippen LogP contribution in [0.15, 0.2) is 36.9 Å². The smallest absolute Gasteiger partial charge is 0.255 e. The molecule has 6 rings (SSSR count). The van der Waals surface area contributed by atoms with E-state index in [4.69, 9.17) is 0 Å². The van der Waals surface area contributed by atoms with Gasteiger partial charge in [0.05, 0.1) is 13.1 Å². The standard InChI is InChI=1S/C32H45N7O/c1-24-18-26(20-37-15-8-32(23-37)9-16-38(17-10-32)27-6-4-3-5-7-27)19-25(2)30(24)31(40)39(21-28-33-11-12-34-28)22-29-35-13-14-36-29/h11-14,18-19,27H,3-10,15-17,20-23H2,1-2H3,(H,33,34)(H,35,36). The van der Waals surface area contributed by atoms with Crippen LogP contribution >= 0.6 is 0 Å². The molecule has 0 bridgehead atoms. The third-order valence-corrected chi connectivity index (χ3v) is 9.76. The minimum Gasteiger partial charge on any atom is -0.347 e. The van der Waals surface area contributed by atoms with Gasteiger partial charge in [-0.1, -0.05) is 31.4 Å². The predicted molar refractivity (Wildman–Crippen MR) is 157 cm³/mol. The molecule has 0 atom stereocenters. The summed E-state index contributed by atoms with van der Waals surface area (Å²) in [6, 6.07) is 5.31. The number of benzene rings is 1. The molecule has 2 saturated heterocycles. The number of nitrogens with one attached hydrogen (secondary N) is 2. The number of imidazole rings is 2. The van der Waals surface area contributed by atoms with Crippen molar-refractivity contribution in [3.05, 3.63) is 70.8 Å². The summed E-state index contributed by atoms with van der Waals surface area (Å²) in [6.07, 6.45) is 18.2. The summed E-state index contributed by atoms with van der Waals surface area (Å²) in [5.74, 6) is 1.54. The first kappa shape index (κ1) is 27.2. The maximum Gasteiger partial charge on any atom is 0.255 e. The summed E-state index contributed by atoms with van der Waals surface area (Å²) in [4.78, 5) is 36.1. The molecular weight excluding hydrogens is 498 g/mol. The summed E-state index contributed by atoms with van der Waals surface area (Å²) < 4.78 is 0. The number of aryl methyl sites for hydroxylation is 2. The molecule has 3 aromatic rings. The number of rotatable bonds is 8. The van der Waals surface area contributed by atoms with E-state index in [1.54, 1.807) is 24.8 Å². The molecule has 8 nitrogen and oxygen atoms in total. The van der Waals surface area contributed by atoms with Crippen LogP contribution < -0.4 is 0 Å². The molecule has 0 unspecified atom stereocenters. The number of hydrogen-bond acceptors (Lipinski definition) is 5. The Balaban J connectivity index is 1.10. The molecule has 1 aliphatic carbocycles. The minimum absolute atomic E-state index is 0.0131. The first-order chi connectivity index (χ1) is 19.5. The highest BCUT2D eigenvalue weighted by Crippen LogP contribution is 2.42. The fourth-order valence-corrected chi connectivity index (χ4v) is 7.61. The van der Waals surface area contributed by atoms with Crippen LogP contribution in [-0.4, -0.2) is 72.8 Å². The van der Waals surface area contributed by atoms with Crippen LogP contribution in [0.3, 0.4) is 0 Å². The van der Waals surface area contributed by atoms with Gasteiger partial charge >= 0.3 is 0 Å². The number of piperidine rings is 1. The predicted octanol–water partition coefficient (Wildman–Crippen LogP) is 5.21. The van der Waals surface area contributed by atoms with Crippen LogP contribution in [0.1, 0.15) is 90.1 Å². The van der Waals surface area contributed by atoms with Crippen molar-refractivity contribution in [3.8, 4) is 0 Å². The number of hydrogen-bond donors (Lipinski definition) is 2. The Morgan fingerprint density at radius 1 is 0.925 bits per heavy atom. The molecule has 4 heterocycles. The number of nitrogens with zero attached hydrogens (tertiary/aromatic N) is 5. The Labute approximate surface area is 238 Å². The topological polar surface area (TPSA) is 84.2 Å². The number of H-pyrrole nitrogens is 2. The lowest BCUT2D eigenvalue weighted by Gasteiger charge is -2.44. The Morgan fingerprint density at radius 3 is 2.10 bits per heavy atom. The minimum atomic E-state index is 0.0131. The molecule has 3 aliphatic rings. The van der Waals surface area contributed by atoms with Crippen molar-refractivity contribution in [2.75, 3.05) is 26.2 Å². The number of likely N-dealkylation sites (tertiary alicyclic amines) is 2. The van der Waals surface area contributed by atoms with E-state index in [1.807, 2.05) is 4.90 Å². The molecule has 1 spiro atoms. The van der Waals surface area contributed by atoms with E-state index >= 15 is 0 Å². The van der Waals surface area contributed by atoms with Gasteiger partial charge < -0.3 is 19.8 Å². The van der Waals surface area contributed by atoms with Crippen LogP contribution in [0.5, 0.6) is 0 Å². The van der Waals surface area contributed by atoms with Crippen molar-refractivity contribution in [1.29, 1.82) is 0 Å². The molecule has 2 N–H and O–H groups in total.